The first-order valence-corrected chi connectivity index (χ1v) is 5.52. The van der Waals surface area contributed by atoms with E-state index in [4.69, 9.17) is 5.26 Å². The summed E-state index contributed by atoms with van der Waals surface area (Å²) >= 11 is 0.755. The number of H-pyrrole nitrogens is 2. The molecule has 2 rings (SSSR count). The van der Waals surface area contributed by atoms with E-state index in [1.54, 1.807) is 24.3 Å². The number of nitrogens with zero attached hydrogens (tertiary/aromatic N) is 1. The molecule has 5 nitrogen and oxygen atoms in total. The van der Waals surface area contributed by atoms with Gasteiger partial charge in [-0.1, -0.05) is 30.3 Å². The van der Waals surface area contributed by atoms with Crippen molar-refractivity contribution in [2.45, 2.75) is 5.03 Å². The summed E-state index contributed by atoms with van der Waals surface area (Å²) in [5, 5.41) is 10.8. The van der Waals surface area contributed by atoms with Gasteiger partial charge in [-0.05, 0) is 5.56 Å². The summed E-state index contributed by atoms with van der Waals surface area (Å²) in [6, 6.07) is 8.86. The van der Waals surface area contributed by atoms with Crippen LogP contribution in [0.5, 0.6) is 0 Å². The Labute approximate surface area is 100 Å². The molecule has 0 fully saturated rings. The van der Waals surface area contributed by atoms with Crippen molar-refractivity contribution in [3.63, 3.8) is 0 Å². The predicted molar refractivity (Wildman–Crippen MR) is 64.6 cm³/mol. The van der Waals surface area contributed by atoms with Gasteiger partial charge in [0.05, 0.1) is 5.56 Å². The second-order valence-electron chi connectivity index (χ2n) is 3.17. The Balaban J connectivity index is 2.73. The maximum absolute atomic E-state index is 11.7. The van der Waals surface area contributed by atoms with Crippen molar-refractivity contribution in [2.24, 2.45) is 0 Å². The third kappa shape index (κ3) is 2.29. The van der Waals surface area contributed by atoms with Crippen LogP contribution < -0.4 is 11.2 Å². The van der Waals surface area contributed by atoms with Gasteiger partial charge in [-0.25, -0.2) is 4.79 Å². The zero-order chi connectivity index (χ0) is 12.3. The molecule has 1 aromatic carbocycles. The van der Waals surface area contributed by atoms with Crippen LogP contribution in [0.3, 0.4) is 0 Å². The monoisotopic (exact) mass is 245 g/mol. The standard InChI is InChI=1S/C11H7N3O2S/c12-6-17-10-8(7-4-2-1-3-5-7)9(15)13-11(16)14-10/h1-5H,(H2,13,14,15,16). The zero-order valence-corrected chi connectivity index (χ0v) is 9.38. The van der Waals surface area contributed by atoms with Crippen LogP contribution in [0.1, 0.15) is 0 Å². The highest BCUT2D eigenvalue weighted by Gasteiger charge is 2.11. The van der Waals surface area contributed by atoms with Gasteiger partial charge in [0.2, 0.25) is 0 Å². The molecule has 0 spiro atoms. The molecule has 1 heterocycles. The smallest absolute Gasteiger partial charge is 0.300 e. The van der Waals surface area contributed by atoms with E-state index in [0.717, 1.165) is 11.8 Å². The van der Waals surface area contributed by atoms with Crippen molar-refractivity contribution in [2.75, 3.05) is 0 Å². The summed E-state index contributed by atoms with van der Waals surface area (Å²) in [6.45, 7) is 0. The van der Waals surface area contributed by atoms with Crippen LogP contribution in [-0.4, -0.2) is 9.97 Å². The Bertz CT molecular complexity index is 682. The van der Waals surface area contributed by atoms with E-state index in [9.17, 15) is 9.59 Å². The summed E-state index contributed by atoms with van der Waals surface area (Å²) in [6.07, 6.45) is 0. The van der Waals surface area contributed by atoms with E-state index >= 15 is 0 Å². The van der Waals surface area contributed by atoms with Gasteiger partial charge >= 0.3 is 5.69 Å². The van der Waals surface area contributed by atoms with Crippen molar-refractivity contribution < 1.29 is 0 Å². The molecule has 0 unspecified atom stereocenters. The van der Waals surface area contributed by atoms with Gasteiger partial charge < -0.3 is 4.98 Å². The third-order valence-corrected chi connectivity index (χ3v) is 2.72. The first kappa shape index (κ1) is 11.2. The minimum Gasteiger partial charge on any atom is -0.300 e. The number of thioether (sulfide) groups is 1. The number of benzene rings is 1. The molecule has 0 bridgehead atoms. The number of nitrogens with one attached hydrogen (secondary N) is 2. The highest BCUT2D eigenvalue weighted by atomic mass is 32.2. The molecule has 2 N–H and O–H groups in total. The molecule has 0 aliphatic heterocycles. The molecule has 0 atom stereocenters. The molecule has 0 aliphatic carbocycles. The largest absolute Gasteiger partial charge is 0.326 e. The van der Waals surface area contributed by atoms with Crippen LogP contribution in [0.15, 0.2) is 44.9 Å². The van der Waals surface area contributed by atoms with Crippen LogP contribution in [0.4, 0.5) is 0 Å². The predicted octanol–water partition coefficient (Wildman–Crippen LogP) is 1.30. The summed E-state index contributed by atoms with van der Waals surface area (Å²) in [4.78, 5) is 27.5. The molecule has 0 amide bonds. The number of rotatable bonds is 2. The van der Waals surface area contributed by atoms with Crippen LogP contribution in [-0.2, 0) is 0 Å². The van der Waals surface area contributed by atoms with E-state index in [1.807, 2.05) is 11.5 Å². The topological polar surface area (TPSA) is 89.5 Å². The fourth-order valence-electron chi connectivity index (χ4n) is 1.45. The number of aromatic amines is 2. The second-order valence-corrected chi connectivity index (χ2v) is 3.97. The lowest BCUT2D eigenvalue weighted by atomic mass is 10.1. The Hall–Kier alpha value is -2.26. The first-order valence-electron chi connectivity index (χ1n) is 4.70. The van der Waals surface area contributed by atoms with Crippen LogP contribution in [0, 0.1) is 10.7 Å². The highest BCUT2D eigenvalue weighted by molar-refractivity contribution is 8.03. The summed E-state index contributed by atoms with van der Waals surface area (Å²) in [5.41, 5.74) is -0.162. The van der Waals surface area contributed by atoms with E-state index in [1.165, 1.54) is 0 Å². The van der Waals surface area contributed by atoms with Crippen molar-refractivity contribution >= 4 is 11.8 Å². The Morgan fingerprint density at radius 2 is 1.82 bits per heavy atom. The van der Waals surface area contributed by atoms with Crippen LogP contribution in [0.25, 0.3) is 11.1 Å². The first-order chi connectivity index (χ1) is 8.22. The average molecular weight is 245 g/mol. The minimum absolute atomic E-state index is 0.257. The Kier molecular flexibility index (Phi) is 3.12. The fraction of sp³-hybridized carbons (Fsp3) is 0. The molecule has 1 aromatic heterocycles. The van der Waals surface area contributed by atoms with Gasteiger partial charge in [-0.15, -0.1) is 0 Å². The second kappa shape index (κ2) is 4.72. The summed E-state index contributed by atoms with van der Waals surface area (Å²) < 4.78 is 0. The number of aromatic nitrogens is 2. The quantitative estimate of drug-likeness (QED) is 0.474. The van der Waals surface area contributed by atoms with E-state index in [-0.39, 0.29) is 5.03 Å². The molecule has 0 saturated carbocycles. The van der Waals surface area contributed by atoms with E-state index in [0.29, 0.717) is 11.1 Å². The highest BCUT2D eigenvalue weighted by Crippen LogP contribution is 2.24. The van der Waals surface area contributed by atoms with Crippen LogP contribution in [0.2, 0.25) is 0 Å². The minimum atomic E-state index is -0.618. The molecule has 6 heteroatoms. The lowest BCUT2D eigenvalue weighted by Gasteiger charge is -2.03. The SMILES string of the molecule is N#CSc1[nH]c(=O)[nH]c(=O)c1-c1ccccc1. The maximum Gasteiger partial charge on any atom is 0.326 e. The molecule has 2 aromatic rings. The zero-order valence-electron chi connectivity index (χ0n) is 8.56. The van der Waals surface area contributed by atoms with E-state index in [2.05, 4.69) is 9.97 Å². The van der Waals surface area contributed by atoms with Gasteiger partial charge in [0, 0.05) is 11.8 Å². The van der Waals surface area contributed by atoms with Gasteiger partial charge in [-0.3, -0.25) is 9.78 Å². The number of thiocyanates is 1. The van der Waals surface area contributed by atoms with Crippen molar-refractivity contribution in [1.29, 1.82) is 5.26 Å². The van der Waals surface area contributed by atoms with Crippen molar-refractivity contribution in [1.82, 2.24) is 9.97 Å². The Morgan fingerprint density at radius 1 is 1.12 bits per heavy atom. The fourth-order valence-corrected chi connectivity index (χ4v) is 2.00. The molecule has 0 saturated heterocycles. The van der Waals surface area contributed by atoms with Crippen molar-refractivity contribution in [3.05, 3.63) is 51.2 Å². The number of hydrogen-bond acceptors (Lipinski definition) is 4. The van der Waals surface area contributed by atoms with Gasteiger partial charge in [0.15, 0.2) is 0 Å². The lowest BCUT2D eigenvalue weighted by Crippen LogP contribution is -2.24. The Morgan fingerprint density at radius 3 is 2.47 bits per heavy atom. The molecule has 0 radical (unpaired) electrons. The number of hydrogen-bond donors (Lipinski definition) is 2. The number of nitriles is 1. The maximum atomic E-state index is 11.7. The molecule has 17 heavy (non-hydrogen) atoms. The molecular weight excluding hydrogens is 238 g/mol. The lowest BCUT2D eigenvalue weighted by molar-refractivity contribution is 0.958. The average Bonchev–Trinajstić information content (AvgIpc) is 2.30. The molecule has 0 aliphatic rings. The van der Waals surface area contributed by atoms with E-state index < -0.39 is 11.2 Å². The normalized spacial score (nSPS) is 9.82. The summed E-state index contributed by atoms with van der Waals surface area (Å²) in [7, 11) is 0. The summed E-state index contributed by atoms with van der Waals surface area (Å²) in [5.74, 6) is 0. The molecule has 84 valence electrons. The molecular formula is C11H7N3O2S. The van der Waals surface area contributed by atoms with Gasteiger partial charge in [0.25, 0.3) is 5.56 Å². The van der Waals surface area contributed by atoms with Gasteiger partial charge in [-0.2, -0.15) is 5.26 Å². The van der Waals surface area contributed by atoms with Crippen LogP contribution >= 0.6 is 11.8 Å². The third-order valence-electron chi connectivity index (χ3n) is 2.12. The van der Waals surface area contributed by atoms with Gasteiger partial charge in [0.1, 0.15) is 10.4 Å². The van der Waals surface area contributed by atoms with Crippen molar-refractivity contribution in [3.8, 4) is 16.5 Å².